The van der Waals surface area contributed by atoms with Crippen molar-refractivity contribution < 1.29 is 0 Å². The minimum atomic E-state index is -0.418. The molecule has 0 bridgehead atoms. The van der Waals surface area contributed by atoms with E-state index in [1.165, 1.54) is 6.20 Å². The summed E-state index contributed by atoms with van der Waals surface area (Å²) >= 11 is 0. The number of tetrazole rings is 1. The van der Waals surface area contributed by atoms with Crippen LogP contribution in [-0.2, 0) is 0 Å². The van der Waals surface area contributed by atoms with Crippen molar-refractivity contribution in [3.8, 4) is 28.3 Å². The average Bonchev–Trinajstić information content (AvgIpc) is 3.12. The average molecular weight is 344 g/mol. The van der Waals surface area contributed by atoms with Gasteiger partial charge in [-0.15, -0.1) is 5.10 Å². The van der Waals surface area contributed by atoms with E-state index in [0.29, 0.717) is 17.1 Å². The summed E-state index contributed by atoms with van der Waals surface area (Å²) in [6.07, 6.45) is 1.50. The zero-order valence-corrected chi connectivity index (χ0v) is 14.3. The first-order valence-electron chi connectivity index (χ1n) is 8.14. The summed E-state index contributed by atoms with van der Waals surface area (Å²) < 4.78 is 1.63. The first kappa shape index (κ1) is 15.9. The van der Waals surface area contributed by atoms with Crippen molar-refractivity contribution in [3.05, 3.63) is 76.3 Å². The van der Waals surface area contributed by atoms with Crippen LogP contribution in [0.1, 0.15) is 11.1 Å². The summed E-state index contributed by atoms with van der Waals surface area (Å²) in [7, 11) is 0. The Hall–Kier alpha value is -3.61. The summed E-state index contributed by atoms with van der Waals surface area (Å²) in [5, 5.41) is 12.1. The van der Waals surface area contributed by atoms with Gasteiger partial charge in [0.15, 0.2) is 5.82 Å². The Bertz CT molecular complexity index is 1110. The van der Waals surface area contributed by atoms with Crippen molar-refractivity contribution in [2.75, 3.05) is 0 Å². The smallest absolute Gasteiger partial charge is 0.305 e. The molecule has 2 aromatic heterocycles. The Morgan fingerprint density at radius 2 is 1.58 bits per heavy atom. The molecule has 2 aromatic carbocycles. The van der Waals surface area contributed by atoms with Crippen molar-refractivity contribution in [1.29, 1.82) is 0 Å². The number of rotatable bonds is 3. The van der Waals surface area contributed by atoms with Crippen molar-refractivity contribution in [1.82, 2.24) is 30.2 Å². The number of aryl methyl sites for hydroxylation is 2. The van der Waals surface area contributed by atoms with E-state index in [9.17, 15) is 4.79 Å². The van der Waals surface area contributed by atoms with Crippen molar-refractivity contribution in [2.24, 2.45) is 0 Å². The number of nitrogens with one attached hydrogen (secondary N) is 1. The van der Waals surface area contributed by atoms with Gasteiger partial charge in [0.1, 0.15) is 0 Å². The summed E-state index contributed by atoms with van der Waals surface area (Å²) in [5.41, 5.74) is 4.84. The van der Waals surface area contributed by atoms with Gasteiger partial charge >= 0.3 is 5.69 Å². The van der Waals surface area contributed by atoms with E-state index in [2.05, 4.69) is 25.5 Å². The molecule has 128 valence electrons. The van der Waals surface area contributed by atoms with E-state index < -0.39 is 5.69 Å². The van der Waals surface area contributed by atoms with Crippen LogP contribution in [0.5, 0.6) is 0 Å². The van der Waals surface area contributed by atoms with Gasteiger partial charge < -0.3 is 4.98 Å². The molecule has 1 N–H and O–H groups in total. The van der Waals surface area contributed by atoms with E-state index in [0.717, 1.165) is 22.4 Å². The predicted octanol–water partition coefficient (Wildman–Crippen LogP) is 2.70. The molecule has 0 atom stereocenters. The fraction of sp³-hybridized carbons (Fsp3) is 0.105. The third-order valence-electron chi connectivity index (χ3n) is 4.14. The maximum atomic E-state index is 11.8. The molecule has 0 fully saturated rings. The lowest BCUT2D eigenvalue weighted by molar-refractivity contribution is 0.790. The number of hydrogen-bond acceptors (Lipinski definition) is 5. The Labute approximate surface area is 149 Å². The fourth-order valence-corrected chi connectivity index (χ4v) is 2.73. The van der Waals surface area contributed by atoms with Crippen LogP contribution in [-0.4, -0.2) is 30.2 Å². The molecule has 7 heteroatoms. The minimum Gasteiger partial charge on any atom is -0.305 e. The minimum absolute atomic E-state index is 0.418. The Morgan fingerprint density at radius 1 is 0.923 bits per heavy atom. The molecular weight excluding hydrogens is 328 g/mol. The van der Waals surface area contributed by atoms with Crippen LogP contribution >= 0.6 is 0 Å². The maximum Gasteiger partial charge on any atom is 0.345 e. The van der Waals surface area contributed by atoms with Crippen molar-refractivity contribution in [2.45, 2.75) is 13.8 Å². The molecule has 4 rings (SSSR count). The van der Waals surface area contributed by atoms with Gasteiger partial charge in [-0.2, -0.15) is 4.68 Å². The largest absolute Gasteiger partial charge is 0.345 e. The van der Waals surface area contributed by atoms with Crippen LogP contribution in [0.3, 0.4) is 0 Å². The molecule has 0 unspecified atom stereocenters. The molecule has 0 radical (unpaired) electrons. The second kappa shape index (κ2) is 6.36. The van der Waals surface area contributed by atoms with Gasteiger partial charge in [-0.1, -0.05) is 47.5 Å². The van der Waals surface area contributed by atoms with E-state index >= 15 is 0 Å². The van der Waals surface area contributed by atoms with Gasteiger partial charge in [0.2, 0.25) is 0 Å². The van der Waals surface area contributed by atoms with Crippen molar-refractivity contribution >= 4 is 0 Å². The second-order valence-electron chi connectivity index (χ2n) is 6.09. The van der Waals surface area contributed by atoms with Crippen LogP contribution in [0, 0.1) is 13.8 Å². The van der Waals surface area contributed by atoms with Crippen LogP contribution in [0.25, 0.3) is 28.3 Å². The normalized spacial score (nSPS) is 10.8. The first-order valence-corrected chi connectivity index (χ1v) is 8.14. The number of benzene rings is 2. The van der Waals surface area contributed by atoms with Gasteiger partial charge in [0.05, 0.1) is 16.9 Å². The van der Waals surface area contributed by atoms with Crippen molar-refractivity contribution in [3.63, 3.8) is 0 Å². The lowest BCUT2D eigenvalue weighted by atomic mass is 10.1. The Balaban J connectivity index is 1.90. The molecule has 0 aliphatic heterocycles. The number of nitrogens with zero attached hydrogens (tertiary/aromatic N) is 5. The maximum absolute atomic E-state index is 11.8. The third-order valence-corrected chi connectivity index (χ3v) is 4.14. The number of hydrogen-bond donors (Lipinski definition) is 1. The van der Waals surface area contributed by atoms with Crippen LogP contribution in [0.2, 0.25) is 0 Å². The second-order valence-corrected chi connectivity index (χ2v) is 6.09. The summed E-state index contributed by atoms with van der Waals surface area (Å²) in [6, 6.07) is 15.7. The third kappa shape index (κ3) is 2.90. The SMILES string of the molecule is Cc1ccc(-c2[nH]c(=O)ncc2-c2nnnn2-c2ccc(C)cc2)cc1. The van der Waals surface area contributed by atoms with E-state index in [1.54, 1.807) is 4.68 Å². The predicted molar refractivity (Wildman–Crippen MR) is 97.9 cm³/mol. The molecule has 0 saturated heterocycles. The fourth-order valence-electron chi connectivity index (χ4n) is 2.73. The highest BCUT2D eigenvalue weighted by atomic mass is 16.1. The zero-order valence-electron chi connectivity index (χ0n) is 14.3. The van der Waals surface area contributed by atoms with E-state index in [-0.39, 0.29) is 0 Å². The van der Waals surface area contributed by atoms with Gasteiger partial charge in [0, 0.05) is 6.20 Å². The van der Waals surface area contributed by atoms with Gasteiger partial charge in [-0.05, 0) is 42.0 Å². The molecule has 0 saturated carbocycles. The molecular formula is C19H16N6O. The lowest BCUT2D eigenvalue weighted by Crippen LogP contribution is -2.12. The number of aromatic nitrogens is 6. The summed E-state index contributed by atoms with van der Waals surface area (Å²) in [6.45, 7) is 4.03. The highest BCUT2D eigenvalue weighted by Gasteiger charge is 2.17. The Morgan fingerprint density at radius 3 is 2.27 bits per heavy atom. The lowest BCUT2D eigenvalue weighted by Gasteiger charge is -2.09. The highest BCUT2D eigenvalue weighted by molar-refractivity contribution is 5.77. The molecule has 0 spiro atoms. The standard InChI is InChI=1S/C19H16N6O/c1-12-3-7-14(8-4-12)17-16(11-20-19(26)21-17)18-22-23-24-25(18)15-9-5-13(2)6-10-15/h3-11H,1-2H3,(H,20,21,26). The first-order chi connectivity index (χ1) is 12.6. The van der Waals surface area contributed by atoms with Gasteiger partial charge in [-0.25, -0.2) is 9.78 Å². The quantitative estimate of drug-likeness (QED) is 0.617. The van der Waals surface area contributed by atoms with E-state index in [4.69, 9.17) is 0 Å². The highest BCUT2D eigenvalue weighted by Crippen LogP contribution is 2.28. The molecule has 0 aliphatic carbocycles. The van der Waals surface area contributed by atoms with Crippen LogP contribution < -0.4 is 5.69 Å². The van der Waals surface area contributed by atoms with Crippen LogP contribution in [0.4, 0.5) is 0 Å². The topological polar surface area (TPSA) is 89.3 Å². The molecule has 2 heterocycles. The molecule has 4 aromatic rings. The molecule has 0 aliphatic rings. The van der Waals surface area contributed by atoms with Gasteiger partial charge in [0.25, 0.3) is 0 Å². The van der Waals surface area contributed by atoms with Gasteiger partial charge in [-0.3, -0.25) is 0 Å². The Kier molecular flexibility index (Phi) is 3.89. The zero-order chi connectivity index (χ0) is 18.1. The summed E-state index contributed by atoms with van der Waals surface area (Å²) in [4.78, 5) is 18.5. The number of H-pyrrole nitrogens is 1. The molecule has 26 heavy (non-hydrogen) atoms. The molecule has 0 amide bonds. The molecule has 7 nitrogen and oxygen atoms in total. The number of aromatic amines is 1. The monoisotopic (exact) mass is 344 g/mol. The van der Waals surface area contributed by atoms with Crippen LogP contribution in [0.15, 0.2) is 59.5 Å². The summed E-state index contributed by atoms with van der Waals surface area (Å²) in [5.74, 6) is 0.508. The van der Waals surface area contributed by atoms with E-state index in [1.807, 2.05) is 62.4 Å².